The Morgan fingerprint density at radius 2 is 0.662 bits per heavy atom. The lowest BCUT2D eigenvalue weighted by Crippen LogP contribution is -1.94. The third-order valence-corrected chi connectivity index (χ3v) is 13.7. The number of furan rings is 3. The van der Waals surface area contributed by atoms with Gasteiger partial charge in [0, 0.05) is 59.5 Å². The fraction of sp³-hybridized carbons (Fsp3) is 0. The van der Waals surface area contributed by atoms with Gasteiger partial charge in [0.2, 0.25) is 0 Å². The molecular weight excluding hydrogens is 797 g/mol. The average molecular weight is 831 g/mol. The van der Waals surface area contributed by atoms with Crippen LogP contribution in [0, 0.1) is 0 Å². The predicted octanol–water partition coefficient (Wildman–Crippen LogP) is 16.9. The summed E-state index contributed by atoms with van der Waals surface area (Å²) in [4.78, 5) is 0. The van der Waals surface area contributed by atoms with Gasteiger partial charge in [0.1, 0.15) is 27.9 Å². The molecule has 15 aromatic rings. The maximum Gasteiger partial charge on any atom is 0.159 e. The zero-order valence-corrected chi connectivity index (χ0v) is 34.7. The van der Waals surface area contributed by atoms with Crippen LogP contribution in [0.25, 0.3) is 143 Å². The summed E-state index contributed by atoms with van der Waals surface area (Å²) in [5.74, 6) is 0. The molecule has 0 aliphatic rings. The highest BCUT2D eigenvalue weighted by Crippen LogP contribution is 2.42. The molecule has 0 aliphatic heterocycles. The van der Waals surface area contributed by atoms with E-state index in [1.54, 1.807) is 0 Å². The monoisotopic (exact) mass is 830 g/mol. The van der Waals surface area contributed by atoms with E-state index in [0.717, 1.165) is 116 Å². The van der Waals surface area contributed by atoms with Gasteiger partial charge in [-0.05, 0) is 119 Å². The summed E-state index contributed by atoms with van der Waals surface area (Å²) in [5.41, 5.74) is 16.6. The Hall–Kier alpha value is -8.80. The molecule has 0 N–H and O–H groups in total. The van der Waals surface area contributed by atoms with Crippen LogP contribution < -0.4 is 0 Å². The maximum absolute atomic E-state index is 6.88. The zero-order valence-electron chi connectivity index (χ0n) is 34.7. The minimum Gasteiger partial charge on any atom is -0.456 e. The molecule has 5 heterocycles. The first kappa shape index (κ1) is 34.7. The van der Waals surface area contributed by atoms with Crippen molar-refractivity contribution in [2.45, 2.75) is 0 Å². The molecule has 15 rings (SSSR count). The number of rotatable bonds is 4. The van der Waals surface area contributed by atoms with Crippen LogP contribution in [0.2, 0.25) is 0 Å². The summed E-state index contributed by atoms with van der Waals surface area (Å²) in [5, 5.41) is 11.5. The SMILES string of the molecule is c1ccc2c(c1)oc1ccc(-c3ccc4c(c3)c3ccccc3n4-c3ccc4oc5c(-n6c7ccccc7c7cc(-c8ccc9oc%10ccccc%10c9c8)ccc76)cccc5c4c3)cc12. The summed E-state index contributed by atoms with van der Waals surface area (Å²) in [6.07, 6.45) is 0. The van der Waals surface area contributed by atoms with Crippen LogP contribution in [0.15, 0.2) is 220 Å². The van der Waals surface area contributed by atoms with Crippen molar-refractivity contribution in [2.75, 3.05) is 0 Å². The summed E-state index contributed by atoms with van der Waals surface area (Å²) in [7, 11) is 0. The number of benzene rings is 10. The van der Waals surface area contributed by atoms with Crippen molar-refractivity contribution in [3.8, 4) is 33.6 Å². The third-order valence-electron chi connectivity index (χ3n) is 13.7. The molecule has 0 unspecified atom stereocenters. The summed E-state index contributed by atoms with van der Waals surface area (Å²) < 4.78 is 24.0. The van der Waals surface area contributed by atoms with Crippen molar-refractivity contribution in [1.82, 2.24) is 9.13 Å². The smallest absolute Gasteiger partial charge is 0.159 e. The molecule has 0 radical (unpaired) electrons. The molecule has 5 aromatic heterocycles. The summed E-state index contributed by atoms with van der Waals surface area (Å²) in [6.45, 7) is 0. The molecule has 0 fully saturated rings. The standard InChI is InChI=1S/C60H34N2O3/c1-5-15-50-40(10-1)45-30-35(37-22-27-57-47(32-37)42-12-3-7-18-55(42)63-57)20-25-52(45)61(50)39-24-29-59-49(34-39)44-14-9-17-54(60(44)65-59)62-51-16-6-2-11-41(51)46-31-36(21-26-53(46)62)38-23-28-58-48(33-38)43-13-4-8-19-56(43)64-58/h1-34H. The first-order valence-electron chi connectivity index (χ1n) is 22.1. The Kier molecular flexibility index (Phi) is 6.89. The van der Waals surface area contributed by atoms with Gasteiger partial charge in [-0.3, -0.25) is 0 Å². The predicted molar refractivity (Wildman–Crippen MR) is 268 cm³/mol. The van der Waals surface area contributed by atoms with Crippen molar-refractivity contribution < 1.29 is 13.3 Å². The van der Waals surface area contributed by atoms with E-state index in [-0.39, 0.29) is 0 Å². The van der Waals surface area contributed by atoms with Crippen LogP contribution in [0.1, 0.15) is 0 Å². The maximum atomic E-state index is 6.88. The van der Waals surface area contributed by atoms with Gasteiger partial charge >= 0.3 is 0 Å². The zero-order chi connectivity index (χ0) is 42.3. The van der Waals surface area contributed by atoms with E-state index in [1.165, 1.54) is 27.1 Å². The lowest BCUT2D eigenvalue weighted by molar-refractivity contribution is 0.666. The molecule has 0 spiro atoms. The molecule has 302 valence electrons. The quantitative estimate of drug-likeness (QED) is 0.177. The van der Waals surface area contributed by atoms with Crippen molar-refractivity contribution in [2.24, 2.45) is 0 Å². The van der Waals surface area contributed by atoms with E-state index in [9.17, 15) is 0 Å². The Bertz CT molecular complexity index is 4490. The molecule has 0 saturated heterocycles. The molecule has 0 saturated carbocycles. The summed E-state index contributed by atoms with van der Waals surface area (Å²) >= 11 is 0. The molecule has 10 aromatic carbocycles. The van der Waals surface area contributed by atoms with Gasteiger partial charge in [-0.15, -0.1) is 0 Å². The van der Waals surface area contributed by atoms with E-state index in [4.69, 9.17) is 13.3 Å². The van der Waals surface area contributed by atoms with E-state index >= 15 is 0 Å². The first-order chi connectivity index (χ1) is 32.2. The normalized spacial score (nSPS) is 12.3. The Morgan fingerprint density at radius 3 is 1.28 bits per heavy atom. The van der Waals surface area contributed by atoms with E-state index in [0.29, 0.717) is 0 Å². The van der Waals surface area contributed by atoms with Crippen LogP contribution in [-0.2, 0) is 0 Å². The summed E-state index contributed by atoms with van der Waals surface area (Å²) in [6, 6.07) is 73.8. The number of fused-ring (bicyclic) bond motifs is 15. The number of nitrogens with zero attached hydrogens (tertiary/aromatic N) is 2. The van der Waals surface area contributed by atoms with Crippen molar-refractivity contribution in [3.05, 3.63) is 206 Å². The average Bonchev–Trinajstić information content (AvgIpc) is 4.18. The van der Waals surface area contributed by atoms with Crippen LogP contribution in [0.5, 0.6) is 0 Å². The Morgan fingerprint density at radius 1 is 0.246 bits per heavy atom. The fourth-order valence-electron chi connectivity index (χ4n) is 10.7. The largest absolute Gasteiger partial charge is 0.456 e. The molecule has 0 aliphatic carbocycles. The molecule has 0 bridgehead atoms. The first-order valence-corrected chi connectivity index (χ1v) is 22.1. The topological polar surface area (TPSA) is 49.3 Å². The lowest BCUT2D eigenvalue weighted by atomic mass is 10.0. The second-order valence-electron chi connectivity index (χ2n) is 17.2. The van der Waals surface area contributed by atoms with Crippen LogP contribution in [0.3, 0.4) is 0 Å². The highest BCUT2D eigenvalue weighted by atomic mass is 16.3. The fourth-order valence-corrected chi connectivity index (χ4v) is 10.7. The molecule has 0 amide bonds. The van der Waals surface area contributed by atoms with E-state index in [1.807, 2.05) is 24.3 Å². The number of para-hydroxylation sites is 5. The second-order valence-corrected chi connectivity index (χ2v) is 17.2. The van der Waals surface area contributed by atoms with Gasteiger partial charge in [-0.1, -0.05) is 109 Å². The van der Waals surface area contributed by atoms with Crippen molar-refractivity contribution in [3.63, 3.8) is 0 Å². The lowest BCUT2D eigenvalue weighted by Gasteiger charge is -2.09. The Balaban J connectivity index is 0.869. The van der Waals surface area contributed by atoms with Crippen LogP contribution in [-0.4, -0.2) is 9.13 Å². The molecule has 5 heteroatoms. The third kappa shape index (κ3) is 4.92. The van der Waals surface area contributed by atoms with Crippen LogP contribution >= 0.6 is 0 Å². The minimum atomic E-state index is 0.853. The second kappa shape index (κ2) is 12.9. The highest BCUT2D eigenvalue weighted by Gasteiger charge is 2.21. The molecular formula is C60H34N2O3. The van der Waals surface area contributed by atoms with Gasteiger partial charge in [0.05, 0.1) is 27.8 Å². The number of aromatic nitrogens is 2. The molecule has 0 atom stereocenters. The van der Waals surface area contributed by atoms with Crippen molar-refractivity contribution >= 4 is 109 Å². The minimum absolute atomic E-state index is 0.853. The van der Waals surface area contributed by atoms with E-state index < -0.39 is 0 Å². The van der Waals surface area contributed by atoms with Gasteiger partial charge in [0.15, 0.2) is 5.58 Å². The van der Waals surface area contributed by atoms with Gasteiger partial charge in [0.25, 0.3) is 0 Å². The van der Waals surface area contributed by atoms with E-state index in [2.05, 4.69) is 191 Å². The Labute approximate surface area is 370 Å². The van der Waals surface area contributed by atoms with Crippen LogP contribution in [0.4, 0.5) is 0 Å². The van der Waals surface area contributed by atoms with Gasteiger partial charge in [-0.25, -0.2) is 0 Å². The van der Waals surface area contributed by atoms with Gasteiger partial charge in [-0.2, -0.15) is 0 Å². The highest BCUT2D eigenvalue weighted by molar-refractivity contribution is 6.16. The van der Waals surface area contributed by atoms with Crippen molar-refractivity contribution in [1.29, 1.82) is 0 Å². The number of hydrogen-bond acceptors (Lipinski definition) is 3. The number of hydrogen-bond donors (Lipinski definition) is 0. The molecule has 5 nitrogen and oxygen atoms in total. The molecule has 65 heavy (non-hydrogen) atoms. The van der Waals surface area contributed by atoms with Gasteiger partial charge < -0.3 is 22.4 Å².